The van der Waals surface area contributed by atoms with Crippen LogP contribution in [0.2, 0.25) is 0 Å². The summed E-state index contributed by atoms with van der Waals surface area (Å²) in [6.45, 7) is 0.504. The summed E-state index contributed by atoms with van der Waals surface area (Å²) in [5.74, 6) is -0.268. The topological polar surface area (TPSA) is 81.4 Å². The van der Waals surface area contributed by atoms with E-state index in [-0.39, 0.29) is 17.4 Å². The summed E-state index contributed by atoms with van der Waals surface area (Å²) in [6.07, 6.45) is 4.32. The van der Waals surface area contributed by atoms with Gasteiger partial charge in [-0.05, 0) is 25.7 Å². The SMILES string of the molecule is COC(=O)CCCNC(=O)CC1(N)CCC1. The summed E-state index contributed by atoms with van der Waals surface area (Å²) >= 11 is 0. The Kier molecular flexibility index (Phi) is 4.73. The van der Waals surface area contributed by atoms with Crippen LogP contribution in [0.4, 0.5) is 0 Å². The number of methoxy groups -OCH3 is 1. The number of esters is 1. The lowest BCUT2D eigenvalue weighted by molar-refractivity contribution is -0.140. The van der Waals surface area contributed by atoms with Crippen molar-refractivity contribution in [3.8, 4) is 0 Å². The van der Waals surface area contributed by atoms with Gasteiger partial charge in [0.05, 0.1) is 7.11 Å². The van der Waals surface area contributed by atoms with Crippen molar-refractivity contribution in [3.05, 3.63) is 0 Å². The Morgan fingerprint density at radius 3 is 2.62 bits per heavy atom. The zero-order valence-corrected chi connectivity index (χ0v) is 9.75. The Balaban J connectivity index is 2.04. The molecule has 5 nitrogen and oxygen atoms in total. The van der Waals surface area contributed by atoms with Gasteiger partial charge >= 0.3 is 5.97 Å². The number of rotatable bonds is 6. The van der Waals surface area contributed by atoms with Gasteiger partial charge in [-0.15, -0.1) is 0 Å². The molecule has 0 heterocycles. The molecule has 0 spiro atoms. The number of nitrogens with one attached hydrogen (secondary N) is 1. The van der Waals surface area contributed by atoms with E-state index in [1.807, 2.05) is 0 Å². The summed E-state index contributed by atoms with van der Waals surface area (Å²) in [7, 11) is 1.36. The molecule has 0 atom stereocenters. The molecular formula is C11H20N2O3. The van der Waals surface area contributed by atoms with Crippen molar-refractivity contribution in [2.45, 2.75) is 44.1 Å². The van der Waals surface area contributed by atoms with Crippen LogP contribution < -0.4 is 11.1 Å². The van der Waals surface area contributed by atoms with Gasteiger partial charge in [-0.3, -0.25) is 9.59 Å². The molecule has 1 aliphatic carbocycles. The van der Waals surface area contributed by atoms with Crippen molar-refractivity contribution in [3.63, 3.8) is 0 Å². The normalized spacial score (nSPS) is 17.4. The van der Waals surface area contributed by atoms with Crippen LogP contribution in [0, 0.1) is 0 Å². The van der Waals surface area contributed by atoms with Gasteiger partial charge < -0.3 is 15.8 Å². The predicted molar refractivity (Wildman–Crippen MR) is 59.6 cm³/mol. The highest BCUT2D eigenvalue weighted by molar-refractivity contribution is 5.77. The fourth-order valence-electron chi connectivity index (χ4n) is 1.75. The molecule has 1 saturated carbocycles. The van der Waals surface area contributed by atoms with Gasteiger partial charge in [-0.1, -0.05) is 0 Å². The number of ether oxygens (including phenoxy) is 1. The minimum Gasteiger partial charge on any atom is -0.469 e. The molecule has 0 aromatic carbocycles. The number of amides is 1. The average Bonchev–Trinajstić information content (AvgIpc) is 2.21. The van der Waals surface area contributed by atoms with Crippen molar-refractivity contribution in [1.82, 2.24) is 5.32 Å². The zero-order valence-electron chi connectivity index (χ0n) is 9.75. The van der Waals surface area contributed by atoms with Crippen LogP contribution in [0.1, 0.15) is 38.5 Å². The van der Waals surface area contributed by atoms with Crippen molar-refractivity contribution in [2.75, 3.05) is 13.7 Å². The zero-order chi connectivity index (χ0) is 12.0. The predicted octanol–water partition coefficient (Wildman–Crippen LogP) is 0.327. The largest absolute Gasteiger partial charge is 0.469 e. The molecule has 92 valence electrons. The summed E-state index contributed by atoms with van der Waals surface area (Å²) in [5, 5.41) is 2.76. The van der Waals surface area contributed by atoms with E-state index in [9.17, 15) is 9.59 Å². The first-order chi connectivity index (χ1) is 7.56. The molecule has 16 heavy (non-hydrogen) atoms. The second kappa shape index (κ2) is 5.84. The fourth-order valence-corrected chi connectivity index (χ4v) is 1.75. The van der Waals surface area contributed by atoms with Gasteiger partial charge in [0.15, 0.2) is 0 Å². The lowest BCUT2D eigenvalue weighted by Gasteiger charge is -2.37. The second-order valence-corrected chi connectivity index (χ2v) is 4.42. The molecular weight excluding hydrogens is 208 g/mol. The van der Waals surface area contributed by atoms with Crippen LogP contribution in [0.15, 0.2) is 0 Å². The molecule has 0 aromatic rings. The van der Waals surface area contributed by atoms with Gasteiger partial charge in [0.25, 0.3) is 0 Å². The monoisotopic (exact) mass is 228 g/mol. The molecule has 1 rings (SSSR count). The lowest BCUT2D eigenvalue weighted by Crippen LogP contribution is -2.50. The van der Waals surface area contributed by atoms with E-state index in [4.69, 9.17) is 5.73 Å². The van der Waals surface area contributed by atoms with E-state index >= 15 is 0 Å². The molecule has 0 bridgehead atoms. The van der Waals surface area contributed by atoms with Crippen LogP contribution >= 0.6 is 0 Å². The first-order valence-corrected chi connectivity index (χ1v) is 5.68. The molecule has 1 aliphatic rings. The maximum absolute atomic E-state index is 11.5. The van der Waals surface area contributed by atoms with E-state index in [1.54, 1.807) is 0 Å². The van der Waals surface area contributed by atoms with Crippen molar-refractivity contribution < 1.29 is 14.3 Å². The van der Waals surface area contributed by atoms with Crippen molar-refractivity contribution in [1.29, 1.82) is 0 Å². The van der Waals surface area contributed by atoms with Gasteiger partial charge in [-0.2, -0.15) is 0 Å². The number of nitrogens with two attached hydrogens (primary N) is 1. The van der Waals surface area contributed by atoms with Crippen molar-refractivity contribution in [2.24, 2.45) is 5.73 Å². The highest BCUT2D eigenvalue weighted by Crippen LogP contribution is 2.31. The number of carbonyl (C=O) groups excluding carboxylic acids is 2. The van der Waals surface area contributed by atoms with E-state index in [0.29, 0.717) is 25.8 Å². The molecule has 1 fully saturated rings. The first kappa shape index (κ1) is 13.0. The highest BCUT2D eigenvalue weighted by atomic mass is 16.5. The maximum atomic E-state index is 11.5. The Hall–Kier alpha value is -1.10. The van der Waals surface area contributed by atoms with Crippen molar-refractivity contribution >= 4 is 11.9 Å². The Morgan fingerprint density at radius 1 is 1.44 bits per heavy atom. The molecule has 0 saturated heterocycles. The molecule has 0 radical (unpaired) electrons. The summed E-state index contributed by atoms with van der Waals surface area (Å²) in [4.78, 5) is 22.2. The maximum Gasteiger partial charge on any atom is 0.305 e. The van der Waals surface area contributed by atoms with Crippen LogP contribution in [-0.2, 0) is 14.3 Å². The molecule has 1 amide bonds. The standard InChI is InChI=1S/C11H20N2O3/c1-16-10(15)4-2-7-13-9(14)8-11(12)5-3-6-11/h2-8,12H2,1H3,(H,13,14). The molecule has 0 aromatic heterocycles. The minimum atomic E-state index is -0.271. The molecule has 5 heteroatoms. The van der Waals surface area contributed by atoms with Gasteiger partial charge in [0.1, 0.15) is 0 Å². The molecule has 0 unspecified atom stereocenters. The third-order valence-corrected chi connectivity index (χ3v) is 2.97. The second-order valence-electron chi connectivity index (χ2n) is 4.42. The lowest BCUT2D eigenvalue weighted by atomic mass is 9.75. The van der Waals surface area contributed by atoms with Crippen LogP contribution in [-0.4, -0.2) is 31.1 Å². The van der Waals surface area contributed by atoms with E-state index in [0.717, 1.165) is 19.3 Å². The number of hydrogen-bond acceptors (Lipinski definition) is 4. The first-order valence-electron chi connectivity index (χ1n) is 5.68. The van der Waals surface area contributed by atoms with Gasteiger partial charge in [0.2, 0.25) is 5.91 Å². The fraction of sp³-hybridized carbons (Fsp3) is 0.818. The van der Waals surface area contributed by atoms with Crippen LogP contribution in [0.3, 0.4) is 0 Å². The summed E-state index contributed by atoms with van der Waals surface area (Å²) < 4.78 is 4.49. The number of carbonyl (C=O) groups is 2. The molecule has 0 aliphatic heterocycles. The molecule has 3 N–H and O–H groups in total. The summed E-state index contributed by atoms with van der Waals surface area (Å²) in [6, 6.07) is 0. The Labute approximate surface area is 95.7 Å². The van der Waals surface area contributed by atoms with Crippen LogP contribution in [0.25, 0.3) is 0 Å². The Morgan fingerprint density at radius 2 is 2.12 bits per heavy atom. The quantitative estimate of drug-likeness (QED) is 0.507. The van der Waals surface area contributed by atoms with E-state index in [1.165, 1.54) is 7.11 Å². The third-order valence-electron chi connectivity index (χ3n) is 2.97. The van der Waals surface area contributed by atoms with E-state index in [2.05, 4.69) is 10.1 Å². The highest BCUT2D eigenvalue weighted by Gasteiger charge is 2.34. The minimum absolute atomic E-state index is 0.0212. The van der Waals surface area contributed by atoms with E-state index < -0.39 is 0 Å². The van der Waals surface area contributed by atoms with Gasteiger partial charge in [-0.25, -0.2) is 0 Å². The summed E-state index contributed by atoms with van der Waals surface area (Å²) in [5.41, 5.74) is 5.67. The number of hydrogen-bond donors (Lipinski definition) is 2. The smallest absolute Gasteiger partial charge is 0.305 e. The Bertz CT molecular complexity index is 262. The third kappa shape index (κ3) is 4.18. The van der Waals surface area contributed by atoms with Crippen LogP contribution in [0.5, 0.6) is 0 Å². The van der Waals surface area contributed by atoms with Gasteiger partial charge in [0, 0.05) is 24.9 Å². The average molecular weight is 228 g/mol.